The van der Waals surface area contributed by atoms with Crippen molar-refractivity contribution in [1.29, 1.82) is 0 Å². The zero-order chi connectivity index (χ0) is 15.5. The SMILES string of the molecule is Cc1cc(N(c2ccccc2)c2ccccc2)cc(C)c1N. The largest absolute Gasteiger partial charge is 0.398 e. The molecule has 0 aliphatic rings. The molecule has 0 atom stereocenters. The molecule has 3 rings (SSSR count). The van der Waals surface area contributed by atoms with Crippen molar-refractivity contribution in [2.75, 3.05) is 10.6 Å². The van der Waals surface area contributed by atoms with Gasteiger partial charge in [-0.15, -0.1) is 0 Å². The van der Waals surface area contributed by atoms with Crippen molar-refractivity contribution in [3.8, 4) is 0 Å². The lowest BCUT2D eigenvalue weighted by Crippen LogP contribution is -2.10. The molecule has 0 spiro atoms. The molecule has 2 nitrogen and oxygen atoms in total. The molecular formula is C20H20N2. The predicted octanol–water partition coefficient (Wildman–Crippen LogP) is 5.36. The summed E-state index contributed by atoms with van der Waals surface area (Å²) >= 11 is 0. The van der Waals surface area contributed by atoms with E-state index in [1.165, 1.54) is 0 Å². The highest BCUT2D eigenvalue weighted by atomic mass is 15.1. The van der Waals surface area contributed by atoms with Crippen LogP contribution in [0.1, 0.15) is 11.1 Å². The highest BCUT2D eigenvalue weighted by Gasteiger charge is 2.13. The summed E-state index contributed by atoms with van der Waals surface area (Å²) in [5.74, 6) is 0. The Hall–Kier alpha value is -2.74. The van der Waals surface area contributed by atoms with Gasteiger partial charge in [0, 0.05) is 22.7 Å². The van der Waals surface area contributed by atoms with Crippen LogP contribution < -0.4 is 10.6 Å². The molecule has 2 heteroatoms. The summed E-state index contributed by atoms with van der Waals surface area (Å²) in [6, 6.07) is 25.1. The predicted molar refractivity (Wildman–Crippen MR) is 95.0 cm³/mol. The summed E-state index contributed by atoms with van der Waals surface area (Å²) in [6.45, 7) is 4.11. The van der Waals surface area contributed by atoms with Crippen LogP contribution >= 0.6 is 0 Å². The van der Waals surface area contributed by atoms with Gasteiger partial charge in [-0.2, -0.15) is 0 Å². The highest BCUT2D eigenvalue weighted by Crippen LogP contribution is 2.36. The van der Waals surface area contributed by atoms with Crippen molar-refractivity contribution < 1.29 is 0 Å². The van der Waals surface area contributed by atoms with Gasteiger partial charge in [-0.3, -0.25) is 0 Å². The standard InChI is InChI=1S/C20H20N2/c1-15-13-19(14-16(2)20(15)21)22(17-9-5-3-6-10-17)18-11-7-4-8-12-18/h3-14H,21H2,1-2H3. The fourth-order valence-electron chi connectivity index (χ4n) is 2.68. The quantitative estimate of drug-likeness (QED) is 0.658. The molecule has 0 saturated carbocycles. The van der Waals surface area contributed by atoms with Crippen molar-refractivity contribution in [3.05, 3.63) is 83.9 Å². The number of para-hydroxylation sites is 2. The van der Waals surface area contributed by atoms with Crippen LogP contribution in [0.15, 0.2) is 72.8 Å². The molecule has 0 amide bonds. The van der Waals surface area contributed by atoms with Gasteiger partial charge in [0.2, 0.25) is 0 Å². The second-order valence-corrected chi connectivity index (χ2v) is 5.50. The van der Waals surface area contributed by atoms with Gasteiger partial charge in [0.25, 0.3) is 0 Å². The molecule has 0 aliphatic heterocycles. The van der Waals surface area contributed by atoms with Gasteiger partial charge in [-0.25, -0.2) is 0 Å². The van der Waals surface area contributed by atoms with E-state index < -0.39 is 0 Å². The number of nitrogens with zero attached hydrogens (tertiary/aromatic N) is 1. The highest BCUT2D eigenvalue weighted by molar-refractivity contribution is 5.78. The summed E-state index contributed by atoms with van der Waals surface area (Å²) in [5.41, 5.74) is 12.6. The Balaban J connectivity index is 2.19. The van der Waals surface area contributed by atoms with Crippen LogP contribution in [-0.4, -0.2) is 0 Å². The van der Waals surface area contributed by atoms with Gasteiger partial charge in [-0.1, -0.05) is 36.4 Å². The molecular weight excluding hydrogens is 268 g/mol. The first kappa shape index (κ1) is 14.2. The average Bonchev–Trinajstić information content (AvgIpc) is 2.55. The molecule has 0 heterocycles. The van der Waals surface area contributed by atoms with Crippen molar-refractivity contribution in [1.82, 2.24) is 0 Å². The number of benzene rings is 3. The molecule has 0 bridgehead atoms. The topological polar surface area (TPSA) is 29.3 Å². The van der Waals surface area contributed by atoms with E-state index in [0.717, 1.165) is 33.9 Å². The molecule has 0 radical (unpaired) electrons. The zero-order valence-electron chi connectivity index (χ0n) is 13.0. The Morgan fingerprint density at radius 1 is 0.636 bits per heavy atom. The van der Waals surface area contributed by atoms with Crippen molar-refractivity contribution in [2.45, 2.75) is 13.8 Å². The average molecular weight is 288 g/mol. The van der Waals surface area contributed by atoms with Crippen molar-refractivity contribution in [3.63, 3.8) is 0 Å². The summed E-state index contributed by atoms with van der Waals surface area (Å²) in [4.78, 5) is 2.25. The fourth-order valence-corrected chi connectivity index (χ4v) is 2.68. The molecule has 0 unspecified atom stereocenters. The number of hydrogen-bond donors (Lipinski definition) is 1. The van der Waals surface area contributed by atoms with Gasteiger partial charge in [-0.05, 0) is 61.4 Å². The Morgan fingerprint density at radius 3 is 1.45 bits per heavy atom. The molecule has 110 valence electrons. The lowest BCUT2D eigenvalue weighted by atomic mass is 10.1. The van der Waals surface area contributed by atoms with Crippen LogP contribution in [0.5, 0.6) is 0 Å². The van der Waals surface area contributed by atoms with Crippen LogP contribution in [-0.2, 0) is 0 Å². The number of aryl methyl sites for hydroxylation is 2. The minimum absolute atomic E-state index is 0.866. The third-order valence-electron chi connectivity index (χ3n) is 3.87. The second-order valence-electron chi connectivity index (χ2n) is 5.50. The van der Waals surface area contributed by atoms with E-state index in [1.807, 2.05) is 12.1 Å². The maximum atomic E-state index is 6.11. The summed E-state index contributed by atoms with van der Waals surface area (Å²) in [5, 5.41) is 0. The Morgan fingerprint density at radius 2 is 1.05 bits per heavy atom. The molecule has 0 saturated heterocycles. The third kappa shape index (κ3) is 2.68. The maximum Gasteiger partial charge on any atom is 0.0468 e. The van der Waals surface area contributed by atoms with Crippen LogP contribution in [0.2, 0.25) is 0 Å². The van der Waals surface area contributed by atoms with Gasteiger partial charge in [0.15, 0.2) is 0 Å². The van der Waals surface area contributed by atoms with E-state index in [2.05, 4.69) is 79.4 Å². The Labute approximate surface area is 131 Å². The number of nitrogens with two attached hydrogens (primary N) is 1. The fraction of sp³-hybridized carbons (Fsp3) is 0.100. The van der Waals surface area contributed by atoms with Gasteiger partial charge in [0.05, 0.1) is 0 Å². The van der Waals surface area contributed by atoms with E-state index in [9.17, 15) is 0 Å². The van der Waals surface area contributed by atoms with Gasteiger partial charge in [0.1, 0.15) is 0 Å². The van der Waals surface area contributed by atoms with E-state index in [0.29, 0.717) is 0 Å². The first-order valence-corrected chi connectivity index (χ1v) is 7.44. The number of anilines is 4. The van der Waals surface area contributed by atoms with Crippen LogP contribution in [0.3, 0.4) is 0 Å². The van der Waals surface area contributed by atoms with Crippen LogP contribution in [0.4, 0.5) is 22.7 Å². The minimum atomic E-state index is 0.866. The first-order valence-electron chi connectivity index (χ1n) is 7.44. The van der Waals surface area contributed by atoms with Gasteiger partial charge < -0.3 is 10.6 Å². The zero-order valence-corrected chi connectivity index (χ0v) is 13.0. The number of hydrogen-bond acceptors (Lipinski definition) is 2. The Bertz CT molecular complexity index is 702. The van der Waals surface area contributed by atoms with E-state index >= 15 is 0 Å². The van der Waals surface area contributed by atoms with E-state index in [1.54, 1.807) is 0 Å². The number of nitrogen functional groups attached to an aromatic ring is 1. The lowest BCUT2D eigenvalue weighted by molar-refractivity contribution is 1.26. The summed E-state index contributed by atoms with van der Waals surface area (Å²) in [7, 11) is 0. The molecule has 0 fully saturated rings. The maximum absolute atomic E-state index is 6.11. The van der Waals surface area contributed by atoms with Crippen molar-refractivity contribution >= 4 is 22.7 Å². The monoisotopic (exact) mass is 288 g/mol. The first-order chi connectivity index (χ1) is 10.7. The van der Waals surface area contributed by atoms with E-state index in [-0.39, 0.29) is 0 Å². The summed E-state index contributed by atoms with van der Waals surface area (Å²) < 4.78 is 0. The van der Waals surface area contributed by atoms with Crippen LogP contribution in [0.25, 0.3) is 0 Å². The smallest absolute Gasteiger partial charge is 0.0468 e. The van der Waals surface area contributed by atoms with Crippen LogP contribution in [0, 0.1) is 13.8 Å². The van der Waals surface area contributed by atoms with E-state index in [4.69, 9.17) is 5.73 Å². The van der Waals surface area contributed by atoms with Gasteiger partial charge >= 0.3 is 0 Å². The number of rotatable bonds is 3. The second kappa shape index (κ2) is 5.94. The molecule has 3 aromatic carbocycles. The third-order valence-corrected chi connectivity index (χ3v) is 3.87. The molecule has 2 N–H and O–H groups in total. The van der Waals surface area contributed by atoms with Crippen molar-refractivity contribution in [2.24, 2.45) is 0 Å². The summed E-state index contributed by atoms with van der Waals surface area (Å²) in [6.07, 6.45) is 0. The normalized spacial score (nSPS) is 10.5. The minimum Gasteiger partial charge on any atom is -0.398 e. The lowest BCUT2D eigenvalue weighted by Gasteiger charge is -2.26. The Kier molecular flexibility index (Phi) is 3.84. The molecule has 3 aromatic rings. The molecule has 0 aromatic heterocycles. The molecule has 22 heavy (non-hydrogen) atoms. The molecule has 0 aliphatic carbocycles.